The lowest BCUT2D eigenvalue weighted by molar-refractivity contribution is 0.475. The average molecular weight is 463 g/mol. The van der Waals surface area contributed by atoms with Crippen LogP contribution in [0.2, 0.25) is 0 Å². The summed E-state index contributed by atoms with van der Waals surface area (Å²) in [5.41, 5.74) is 8.26. The van der Waals surface area contributed by atoms with E-state index in [9.17, 15) is 5.11 Å². The minimum Gasteiger partial charge on any atom is -0.507 e. The van der Waals surface area contributed by atoms with E-state index >= 15 is 0 Å². The molecule has 34 heavy (non-hydrogen) atoms. The number of rotatable bonds is 4. The Morgan fingerprint density at radius 2 is 1.00 bits per heavy atom. The summed E-state index contributed by atoms with van der Waals surface area (Å²) in [6.07, 6.45) is 9.39. The lowest BCUT2D eigenvalue weighted by Crippen LogP contribution is -2.24. The van der Waals surface area contributed by atoms with E-state index in [0.717, 1.165) is 31.2 Å². The SMILES string of the molecule is Oc1ccc2c(c1-c1c(P(c3ccccc3)c3ccccc3)ccc3c1CCCC3)CCCC2. The second kappa shape index (κ2) is 9.40. The molecular weight excluding hydrogens is 431 g/mol. The maximum absolute atomic E-state index is 11.4. The van der Waals surface area contributed by atoms with Gasteiger partial charge in [0.2, 0.25) is 0 Å². The summed E-state index contributed by atoms with van der Waals surface area (Å²) in [6.45, 7) is 0. The molecule has 0 bridgehead atoms. The lowest BCUT2D eigenvalue weighted by Gasteiger charge is -2.30. The van der Waals surface area contributed by atoms with Crippen molar-refractivity contribution in [2.24, 2.45) is 0 Å². The van der Waals surface area contributed by atoms with Crippen LogP contribution < -0.4 is 15.9 Å². The van der Waals surface area contributed by atoms with Crippen LogP contribution in [0.3, 0.4) is 0 Å². The first-order valence-electron chi connectivity index (χ1n) is 12.7. The summed E-state index contributed by atoms with van der Waals surface area (Å²) in [6, 6.07) is 30.9. The van der Waals surface area contributed by atoms with Crippen LogP contribution in [-0.4, -0.2) is 5.11 Å². The number of phenols is 1. The fraction of sp³-hybridized carbons (Fsp3) is 0.250. The third-order valence-corrected chi connectivity index (χ3v) is 10.0. The van der Waals surface area contributed by atoms with Gasteiger partial charge in [0.1, 0.15) is 5.75 Å². The highest BCUT2D eigenvalue weighted by molar-refractivity contribution is 7.80. The molecule has 0 saturated carbocycles. The zero-order valence-corrected chi connectivity index (χ0v) is 20.5. The zero-order chi connectivity index (χ0) is 22.9. The van der Waals surface area contributed by atoms with Gasteiger partial charge in [0.15, 0.2) is 0 Å². The molecule has 0 radical (unpaired) electrons. The number of hydrogen-bond acceptors (Lipinski definition) is 1. The number of hydrogen-bond donors (Lipinski definition) is 1. The van der Waals surface area contributed by atoms with E-state index in [1.807, 2.05) is 6.07 Å². The van der Waals surface area contributed by atoms with Gasteiger partial charge in [0.25, 0.3) is 0 Å². The van der Waals surface area contributed by atoms with E-state index < -0.39 is 7.92 Å². The molecule has 6 rings (SSSR count). The fourth-order valence-corrected chi connectivity index (χ4v) is 8.45. The van der Waals surface area contributed by atoms with Gasteiger partial charge in [-0.1, -0.05) is 78.9 Å². The van der Waals surface area contributed by atoms with Gasteiger partial charge in [-0.2, -0.15) is 0 Å². The number of aryl methyl sites for hydroxylation is 2. The van der Waals surface area contributed by atoms with Crippen LogP contribution in [0.1, 0.15) is 47.9 Å². The molecule has 0 amide bonds. The molecule has 0 aliphatic heterocycles. The third kappa shape index (κ3) is 3.87. The first kappa shape index (κ1) is 21.6. The molecule has 170 valence electrons. The van der Waals surface area contributed by atoms with Crippen LogP contribution in [0.15, 0.2) is 84.9 Å². The van der Waals surface area contributed by atoms with Crippen molar-refractivity contribution in [2.45, 2.75) is 51.4 Å². The summed E-state index contributed by atoms with van der Waals surface area (Å²) >= 11 is 0. The van der Waals surface area contributed by atoms with Crippen molar-refractivity contribution in [3.05, 3.63) is 107 Å². The van der Waals surface area contributed by atoms with Crippen LogP contribution in [-0.2, 0) is 25.7 Å². The highest BCUT2D eigenvalue weighted by Crippen LogP contribution is 2.46. The van der Waals surface area contributed by atoms with Crippen molar-refractivity contribution in [3.8, 4) is 16.9 Å². The number of benzene rings is 4. The van der Waals surface area contributed by atoms with Gasteiger partial charge in [-0.05, 0) is 109 Å². The minimum absolute atomic E-state index is 0.456. The zero-order valence-electron chi connectivity index (χ0n) is 19.6. The fourth-order valence-electron chi connectivity index (χ4n) is 5.96. The molecule has 0 heterocycles. The van der Waals surface area contributed by atoms with Gasteiger partial charge in [0, 0.05) is 5.56 Å². The van der Waals surface area contributed by atoms with E-state index in [1.54, 1.807) is 0 Å². The second-order valence-electron chi connectivity index (χ2n) is 9.62. The van der Waals surface area contributed by atoms with Crippen molar-refractivity contribution in [1.29, 1.82) is 0 Å². The first-order chi connectivity index (χ1) is 16.8. The smallest absolute Gasteiger partial charge is 0.123 e. The van der Waals surface area contributed by atoms with Crippen molar-refractivity contribution >= 4 is 23.8 Å². The van der Waals surface area contributed by atoms with E-state index in [-0.39, 0.29) is 0 Å². The Morgan fingerprint density at radius 1 is 0.500 bits per heavy atom. The third-order valence-electron chi connectivity index (χ3n) is 7.54. The first-order valence-corrected chi connectivity index (χ1v) is 14.0. The van der Waals surface area contributed by atoms with Gasteiger partial charge in [-0.15, -0.1) is 0 Å². The number of phenolic OH excluding ortho intramolecular Hbond substituents is 1. The van der Waals surface area contributed by atoms with Gasteiger partial charge in [0.05, 0.1) is 0 Å². The highest BCUT2D eigenvalue weighted by atomic mass is 31.1. The van der Waals surface area contributed by atoms with Crippen molar-refractivity contribution < 1.29 is 5.11 Å². The molecular formula is C32H31OP. The molecule has 0 atom stereocenters. The monoisotopic (exact) mass is 462 g/mol. The largest absolute Gasteiger partial charge is 0.507 e. The molecule has 0 saturated heterocycles. The molecule has 1 N–H and O–H groups in total. The Kier molecular flexibility index (Phi) is 5.98. The molecule has 0 fully saturated rings. The van der Waals surface area contributed by atoms with Gasteiger partial charge < -0.3 is 5.11 Å². The van der Waals surface area contributed by atoms with Gasteiger partial charge in [-0.25, -0.2) is 0 Å². The molecule has 2 aliphatic carbocycles. The Morgan fingerprint density at radius 3 is 1.59 bits per heavy atom. The van der Waals surface area contributed by atoms with Crippen LogP contribution in [0.5, 0.6) is 5.75 Å². The topological polar surface area (TPSA) is 20.2 Å². The average Bonchev–Trinajstić information content (AvgIpc) is 2.90. The molecule has 4 aromatic rings. The Labute approximate surface area is 204 Å². The van der Waals surface area contributed by atoms with Crippen LogP contribution >= 0.6 is 7.92 Å². The van der Waals surface area contributed by atoms with E-state index in [0.29, 0.717) is 5.75 Å². The summed E-state index contributed by atoms with van der Waals surface area (Å²) in [5, 5.41) is 15.5. The van der Waals surface area contributed by atoms with Crippen LogP contribution in [0.4, 0.5) is 0 Å². The Hall–Kier alpha value is -2.89. The summed E-state index contributed by atoms with van der Waals surface area (Å²) in [4.78, 5) is 0. The van der Waals surface area contributed by atoms with E-state index in [1.165, 1.54) is 69.4 Å². The van der Waals surface area contributed by atoms with Crippen molar-refractivity contribution in [3.63, 3.8) is 0 Å². The molecule has 2 aliphatic rings. The minimum atomic E-state index is -0.742. The molecule has 2 heteroatoms. The molecule has 0 aromatic heterocycles. The second-order valence-corrected chi connectivity index (χ2v) is 11.8. The molecule has 0 unspecified atom stereocenters. The van der Waals surface area contributed by atoms with Gasteiger partial charge in [-0.3, -0.25) is 0 Å². The van der Waals surface area contributed by atoms with Crippen LogP contribution in [0, 0.1) is 0 Å². The lowest BCUT2D eigenvalue weighted by atomic mass is 9.80. The summed E-state index contributed by atoms with van der Waals surface area (Å²) < 4.78 is 0. The van der Waals surface area contributed by atoms with Crippen LogP contribution in [0.25, 0.3) is 11.1 Å². The number of aromatic hydroxyl groups is 1. The Bertz CT molecular complexity index is 1270. The summed E-state index contributed by atoms with van der Waals surface area (Å²) in [5.74, 6) is 0.456. The van der Waals surface area contributed by atoms with Crippen molar-refractivity contribution in [1.82, 2.24) is 0 Å². The molecule has 0 spiro atoms. The number of fused-ring (bicyclic) bond motifs is 2. The normalized spacial score (nSPS) is 15.1. The predicted molar refractivity (Wildman–Crippen MR) is 146 cm³/mol. The maximum atomic E-state index is 11.4. The Balaban J connectivity index is 1.68. The molecule has 4 aromatic carbocycles. The van der Waals surface area contributed by atoms with E-state index in [4.69, 9.17) is 0 Å². The van der Waals surface area contributed by atoms with Crippen molar-refractivity contribution in [2.75, 3.05) is 0 Å². The highest BCUT2D eigenvalue weighted by Gasteiger charge is 2.28. The van der Waals surface area contributed by atoms with E-state index in [2.05, 4.69) is 78.9 Å². The quantitative estimate of drug-likeness (QED) is 0.340. The van der Waals surface area contributed by atoms with Gasteiger partial charge >= 0.3 is 0 Å². The standard InChI is InChI=1S/C32H31OP/c33-29-21-19-23-11-7-9-17-27(23)31(29)32-28-18-10-8-12-24(28)20-22-30(32)34(25-13-3-1-4-14-25)26-15-5-2-6-16-26/h1-6,13-16,19-22,33H,7-12,17-18H2. The maximum Gasteiger partial charge on any atom is 0.123 e. The predicted octanol–water partition coefficient (Wildman–Crippen LogP) is 6.58. The summed E-state index contributed by atoms with van der Waals surface area (Å²) in [7, 11) is -0.742. The molecule has 1 nitrogen and oxygen atoms in total.